The number of carboxylic acids is 1. The first-order valence-electron chi connectivity index (χ1n) is 10.1. The van der Waals surface area contributed by atoms with Crippen LogP contribution in [0.15, 0.2) is 42.7 Å². The molecule has 8 nitrogen and oxygen atoms in total. The van der Waals surface area contributed by atoms with E-state index in [9.17, 15) is 14.4 Å². The van der Waals surface area contributed by atoms with Crippen LogP contribution in [-0.2, 0) is 4.79 Å². The summed E-state index contributed by atoms with van der Waals surface area (Å²) in [5.74, 6) is -0.944. The molecule has 1 aromatic heterocycles. The van der Waals surface area contributed by atoms with Gasteiger partial charge in [-0.1, -0.05) is 11.6 Å². The fourth-order valence-electron chi connectivity index (χ4n) is 3.40. The van der Waals surface area contributed by atoms with E-state index in [0.29, 0.717) is 47.6 Å². The molecule has 0 aliphatic heterocycles. The maximum atomic E-state index is 12.3. The van der Waals surface area contributed by atoms with Crippen LogP contribution in [0.4, 0.5) is 0 Å². The first kappa shape index (κ1) is 22.6. The van der Waals surface area contributed by atoms with Crippen molar-refractivity contribution in [3.63, 3.8) is 0 Å². The van der Waals surface area contributed by atoms with Crippen LogP contribution < -0.4 is 15.4 Å². The lowest BCUT2D eigenvalue weighted by atomic mass is 9.87. The lowest BCUT2D eigenvalue weighted by molar-refractivity contribution is -0.143. The third-order valence-corrected chi connectivity index (χ3v) is 5.31. The molecule has 3 rings (SSSR count). The topological polar surface area (TPSA) is 118 Å². The highest BCUT2D eigenvalue weighted by atomic mass is 35.5. The summed E-state index contributed by atoms with van der Waals surface area (Å²) in [6, 6.07) is 8.32. The van der Waals surface area contributed by atoms with Crippen LogP contribution in [0.5, 0.6) is 5.75 Å². The Kier molecular flexibility index (Phi) is 7.83. The van der Waals surface area contributed by atoms with E-state index in [1.807, 2.05) is 0 Å². The second-order valence-electron chi connectivity index (χ2n) is 7.36. The van der Waals surface area contributed by atoms with E-state index < -0.39 is 5.97 Å². The summed E-state index contributed by atoms with van der Waals surface area (Å²) in [7, 11) is 0. The number of benzene rings is 1. The van der Waals surface area contributed by atoms with Crippen molar-refractivity contribution >= 4 is 29.4 Å². The van der Waals surface area contributed by atoms with Crippen LogP contribution in [0, 0.1) is 5.92 Å². The maximum Gasteiger partial charge on any atom is 0.306 e. The smallest absolute Gasteiger partial charge is 0.306 e. The van der Waals surface area contributed by atoms with Crippen molar-refractivity contribution < 1.29 is 24.2 Å². The summed E-state index contributed by atoms with van der Waals surface area (Å²) < 4.78 is 5.91. The van der Waals surface area contributed by atoms with Crippen molar-refractivity contribution in [3.8, 4) is 5.75 Å². The Morgan fingerprint density at radius 1 is 0.968 bits per heavy atom. The lowest BCUT2D eigenvalue weighted by Crippen LogP contribution is -2.34. The minimum Gasteiger partial charge on any atom is -0.490 e. The van der Waals surface area contributed by atoms with Gasteiger partial charge in [-0.3, -0.25) is 19.4 Å². The molecule has 0 bridgehead atoms. The SMILES string of the molecule is O=C(NCCNC(=O)c1cncc(Cl)c1)c1ccc(O[C@H]2CC[C@@H](C(=O)O)CC2)cc1. The number of carboxylic acid groups (broad SMARTS) is 1. The van der Waals surface area contributed by atoms with Crippen LogP contribution >= 0.6 is 11.6 Å². The highest BCUT2D eigenvalue weighted by Crippen LogP contribution is 2.28. The van der Waals surface area contributed by atoms with Crippen molar-refractivity contribution in [2.24, 2.45) is 5.92 Å². The zero-order valence-electron chi connectivity index (χ0n) is 16.8. The number of nitrogens with one attached hydrogen (secondary N) is 2. The van der Waals surface area contributed by atoms with Gasteiger partial charge < -0.3 is 20.5 Å². The molecule has 0 spiro atoms. The number of aliphatic carboxylic acids is 1. The number of halogens is 1. The number of aromatic nitrogens is 1. The molecule has 1 aromatic carbocycles. The van der Waals surface area contributed by atoms with Crippen LogP contribution in [0.1, 0.15) is 46.4 Å². The molecule has 1 fully saturated rings. The van der Waals surface area contributed by atoms with Gasteiger partial charge in [0.2, 0.25) is 0 Å². The van der Waals surface area contributed by atoms with Crippen molar-refractivity contribution in [1.82, 2.24) is 15.6 Å². The number of hydrogen-bond acceptors (Lipinski definition) is 5. The molecule has 31 heavy (non-hydrogen) atoms. The zero-order valence-corrected chi connectivity index (χ0v) is 17.6. The third-order valence-electron chi connectivity index (χ3n) is 5.11. The second-order valence-corrected chi connectivity index (χ2v) is 7.79. The monoisotopic (exact) mass is 445 g/mol. The van der Waals surface area contributed by atoms with Crippen LogP contribution in [0.3, 0.4) is 0 Å². The number of hydrogen-bond donors (Lipinski definition) is 3. The van der Waals surface area contributed by atoms with E-state index >= 15 is 0 Å². The molecule has 1 aliphatic carbocycles. The standard InChI is InChI=1S/C22H24ClN3O5/c23-17-11-16(12-24-13-17)21(28)26-10-9-25-20(27)14-1-5-18(6-2-14)31-19-7-3-15(4-8-19)22(29)30/h1-2,5-6,11-13,15,19H,3-4,7-10H2,(H,25,27)(H,26,28)(H,29,30)/t15-,19+. The molecule has 3 N–H and O–H groups in total. The molecule has 1 saturated carbocycles. The van der Waals surface area contributed by atoms with E-state index in [0.717, 1.165) is 0 Å². The minimum atomic E-state index is -0.741. The van der Waals surface area contributed by atoms with E-state index in [4.69, 9.17) is 21.4 Å². The first-order valence-corrected chi connectivity index (χ1v) is 10.5. The van der Waals surface area contributed by atoms with Crippen molar-refractivity contribution in [1.29, 1.82) is 0 Å². The third kappa shape index (κ3) is 6.68. The Morgan fingerprint density at radius 2 is 1.58 bits per heavy atom. The van der Waals surface area contributed by atoms with Crippen LogP contribution in [0.2, 0.25) is 5.02 Å². The molecule has 0 saturated heterocycles. The predicted molar refractivity (Wildman–Crippen MR) is 114 cm³/mol. The molecule has 0 unspecified atom stereocenters. The van der Waals surface area contributed by atoms with E-state index in [1.54, 1.807) is 24.3 Å². The Labute approximate surface area is 185 Å². The highest BCUT2D eigenvalue weighted by Gasteiger charge is 2.26. The zero-order chi connectivity index (χ0) is 22.2. The van der Waals surface area contributed by atoms with Gasteiger partial charge in [0, 0.05) is 31.0 Å². The molecular weight excluding hydrogens is 422 g/mol. The fraction of sp³-hybridized carbons (Fsp3) is 0.364. The quantitative estimate of drug-likeness (QED) is 0.538. The molecule has 2 aromatic rings. The van der Waals surface area contributed by atoms with E-state index in [1.165, 1.54) is 18.5 Å². The number of amides is 2. The molecule has 0 radical (unpaired) electrons. The molecular formula is C22H24ClN3O5. The van der Waals surface area contributed by atoms with Gasteiger partial charge in [-0.2, -0.15) is 0 Å². The average Bonchev–Trinajstić information content (AvgIpc) is 2.77. The van der Waals surface area contributed by atoms with Crippen LogP contribution in [-0.4, -0.2) is 47.1 Å². The number of ether oxygens (including phenoxy) is 1. The van der Waals surface area contributed by atoms with Crippen LogP contribution in [0.25, 0.3) is 0 Å². The maximum absolute atomic E-state index is 12.3. The Morgan fingerprint density at radius 3 is 2.16 bits per heavy atom. The Hall–Kier alpha value is -3.13. The van der Waals surface area contributed by atoms with Crippen molar-refractivity contribution in [3.05, 3.63) is 58.9 Å². The molecule has 2 amide bonds. The highest BCUT2D eigenvalue weighted by molar-refractivity contribution is 6.30. The first-order chi connectivity index (χ1) is 14.9. The Bertz CT molecular complexity index is 927. The second kappa shape index (κ2) is 10.8. The summed E-state index contributed by atoms with van der Waals surface area (Å²) in [6.07, 6.45) is 5.50. The summed E-state index contributed by atoms with van der Waals surface area (Å²) >= 11 is 5.81. The van der Waals surface area contributed by atoms with Gasteiger partial charge >= 0.3 is 5.97 Å². The van der Waals surface area contributed by atoms with Crippen molar-refractivity contribution in [2.45, 2.75) is 31.8 Å². The molecule has 9 heteroatoms. The Balaban J connectivity index is 1.39. The number of pyridine rings is 1. The largest absolute Gasteiger partial charge is 0.490 e. The number of carbonyl (C=O) groups is 3. The molecule has 164 valence electrons. The molecule has 1 aliphatic rings. The van der Waals surface area contributed by atoms with Crippen molar-refractivity contribution in [2.75, 3.05) is 13.1 Å². The van der Waals surface area contributed by atoms with Gasteiger partial charge in [-0.25, -0.2) is 0 Å². The minimum absolute atomic E-state index is 0.00594. The lowest BCUT2D eigenvalue weighted by Gasteiger charge is -2.26. The molecule has 1 heterocycles. The van der Waals surface area contributed by atoms with Gasteiger partial charge in [0.25, 0.3) is 11.8 Å². The van der Waals surface area contributed by atoms with E-state index in [-0.39, 0.29) is 36.9 Å². The summed E-state index contributed by atoms with van der Waals surface area (Å²) in [5.41, 5.74) is 0.832. The predicted octanol–water partition coefficient (Wildman–Crippen LogP) is 2.92. The van der Waals surface area contributed by atoms with Gasteiger partial charge in [-0.05, 0) is 56.0 Å². The summed E-state index contributed by atoms with van der Waals surface area (Å²) in [4.78, 5) is 39.1. The van der Waals surface area contributed by atoms with Gasteiger partial charge in [-0.15, -0.1) is 0 Å². The normalized spacial score (nSPS) is 18.1. The number of rotatable bonds is 8. The summed E-state index contributed by atoms with van der Waals surface area (Å²) in [6.45, 7) is 0.529. The number of nitrogens with zero attached hydrogens (tertiary/aromatic N) is 1. The fourth-order valence-corrected chi connectivity index (χ4v) is 3.57. The summed E-state index contributed by atoms with van der Waals surface area (Å²) in [5, 5.41) is 14.9. The van der Waals surface area contributed by atoms with Gasteiger partial charge in [0.05, 0.1) is 22.6 Å². The van der Waals surface area contributed by atoms with Gasteiger partial charge in [0.1, 0.15) is 5.75 Å². The molecule has 0 atom stereocenters. The average molecular weight is 446 g/mol. The van der Waals surface area contributed by atoms with E-state index in [2.05, 4.69) is 15.6 Å². The number of carbonyl (C=O) groups excluding carboxylic acids is 2. The van der Waals surface area contributed by atoms with Gasteiger partial charge in [0.15, 0.2) is 0 Å².